The van der Waals surface area contributed by atoms with E-state index in [4.69, 9.17) is 0 Å². The van der Waals surface area contributed by atoms with Crippen LogP contribution in [0.1, 0.15) is 26.7 Å². The zero-order valence-corrected chi connectivity index (χ0v) is 11.7. The molecule has 6 nitrogen and oxygen atoms in total. The average molecular weight is 274 g/mol. The average Bonchev–Trinajstić information content (AvgIpc) is 2.48. The van der Waals surface area contributed by atoms with Crippen molar-refractivity contribution in [2.24, 2.45) is 0 Å². The Morgan fingerprint density at radius 3 is 2.80 bits per heavy atom. The van der Waals surface area contributed by atoms with Crippen LogP contribution in [0.4, 0.5) is 0 Å². The lowest BCUT2D eigenvalue weighted by atomic mass is 10.2. The Balaban J connectivity index is 2.20. The van der Waals surface area contributed by atoms with Crippen LogP contribution >= 0.6 is 0 Å². The topological polar surface area (TPSA) is 76.9 Å². The molecule has 0 unspecified atom stereocenters. The molecule has 20 heavy (non-hydrogen) atoms. The molecule has 1 amide bonds. The highest BCUT2D eigenvalue weighted by molar-refractivity contribution is 5.77. The molecule has 0 aromatic carbocycles. The zero-order chi connectivity index (χ0) is 14.5. The van der Waals surface area contributed by atoms with Crippen LogP contribution in [0, 0.1) is 0 Å². The van der Waals surface area contributed by atoms with Gasteiger partial charge in [-0.05, 0) is 25.0 Å². The second-order valence-electron chi connectivity index (χ2n) is 4.63. The minimum absolute atomic E-state index is 0.0207. The lowest BCUT2D eigenvalue weighted by Gasteiger charge is -2.15. The largest absolute Gasteiger partial charge is 0.352 e. The first-order chi connectivity index (χ1) is 9.65. The third-order valence-corrected chi connectivity index (χ3v) is 3.26. The number of hydrogen-bond acceptors (Lipinski definition) is 4. The molecular weight excluding hydrogens is 256 g/mol. The molecule has 0 aliphatic heterocycles. The normalized spacial score (nSPS) is 10.9. The Morgan fingerprint density at radius 2 is 2.10 bits per heavy atom. The van der Waals surface area contributed by atoms with Gasteiger partial charge in [-0.2, -0.15) is 0 Å². The summed E-state index contributed by atoms with van der Waals surface area (Å²) in [7, 11) is 0. The molecule has 0 radical (unpaired) electrons. The fourth-order valence-electron chi connectivity index (χ4n) is 2.03. The van der Waals surface area contributed by atoms with Crippen molar-refractivity contribution >= 4 is 16.9 Å². The van der Waals surface area contributed by atoms with Crippen molar-refractivity contribution in [3.05, 3.63) is 35.0 Å². The van der Waals surface area contributed by atoms with E-state index in [-0.39, 0.29) is 24.1 Å². The lowest BCUT2D eigenvalue weighted by Crippen LogP contribution is -2.38. The third kappa shape index (κ3) is 3.01. The minimum Gasteiger partial charge on any atom is -0.352 e. The summed E-state index contributed by atoms with van der Waals surface area (Å²) in [4.78, 5) is 32.2. The molecule has 0 saturated heterocycles. The second kappa shape index (κ2) is 6.27. The van der Waals surface area contributed by atoms with Crippen LogP contribution in [-0.4, -0.2) is 26.5 Å². The Bertz CT molecular complexity index is 662. The second-order valence-corrected chi connectivity index (χ2v) is 4.63. The van der Waals surface area contributed by atoms with Gasteiger partial charge in [-0.3, -0.25) is 14.2 Å². The Morgan fingerprint density at radius 1 is 1.35 bits per heavy atom. The van der Waals surface area contributed by atoms with Gasteiger partial charge in [0.25, 0.3) is 5.56 Å². The van der Waals surface area contributed by atoms with Gasteiger partial charge < -0.3 is 5.32 Å². The number of carbonyl (C=O) groups is 1. The summed E-state index contributed by atoms with van der Waals surface area (Å²) < 4.78 is 1.31. The lowest BCUT2D eigenvalue weighted by molar-refractivity contribution is -0.122. The molecule has 1 N–H and O–H groups in total. The van der Waals surface area contributed by atoms with E-state index in [1.807, 2.05) is 13.8 Å². The van der Waals surface area contributed by atoms with Gasteiger partial charge in [0.05, 0.1) is 5.39 Å². The van der Waals surface area contributed by atoms with E-state index in [2.05, 4.69) is 15.3 Å². The number of carbonyl (C=O) groups excluding carboxylic acids is 1. The molecular formula is C14H18N4O2. The summed E-state index contributed by atoms with van der Waals surface area (Å²) in [6.07, 6.45) is 4.69. The highest BCUT2D eigenvalue weighted by Gasteiger charge is 2.11. The predicted molar refractivity (Wildman–Crippen MR) is 76.3 cm³/mol. The van der Waals surface area contributed by atoms with Gasteiger partial charge in [0.2, 0.25) is 5.91 Å². The van der Waals surface area contributed by atoms with E-state index < -0.39 is 0 Å². The fourth-order valence-corrected chi connectivity index (χ4v) is 2.03. The number of nitrogens with zero attached hydrogens (tertiary/aromatic N) is 3. The third-order valence-electron chi connectivity index (χ3n) is 3.26. The highest BCUT2D eigenvalue weighted by atomic mass is 16.2. The number of nitrogens with one attached hydrogen (secondary N) is 1. The van der Waals surface area contributed by atoms with E-state index in [0.29, 0.717) is 11.0 Å². The van der Waals surface area contributed by atoms with E-state index in [9.17, 15) is 9.59 Å². The summed E-state index contributed by atoms with van der Waals surface area (Å²) in [5.41, 5.74) is 0.150. The van der Waals surface area contributed by atoms with Crippen molar-refractivity contribution in [1.29, 1.82) is 0 Å². The maximum absolute atomic E-state index is 12.2. The van der Waals surface area contributed by atoms with Gasteiger partial charge in [-0.1, -0.05) is 13.8 Å². The first-order valence-electron chi connectivity index (χ1n) is 6.75. The van der Waals surface area contributed by atoms with Crippen LogP contribution in [0.2, 0.25) is 0 Å². The molecule has 2 rings (SSSR count). The molecule has 2 aromatic heterocycles. The standard InChI is InChI=1S/C14H18N4O2/c1-3-10(4-2)17-12(19)8-18-9-16-13-11(14(18)20)6-5-7-15-13/h5-7,9-10H,3-4,8H2,1-2H3,(H,17,19). The number of rotatable bonds is 5. The number of pyridine rings is 1. The van der Waals surface area contributed by atoms with Gasteiger partial charge in [0.1, 0.15) is 12.9 Å². The summed E-state index contributed by atoms with van der Waals surface area (Å²) in [5.74, 6) is -0.175. The van der Waals surface area contributed by atoms with Crippen LogP contribution in [0.25, 0.3) is 11.0 Å². The van der Waals surface area contributed by atoms with Crippen molar-refractivity contribution < 1.29 is 4.79 Å². The van der Waals surface area contributed by atoms with Crippen LogP contribution in [0.5, 0.6) is 0 Å². The molecule has 0 saturated carbocycles. The van der Waals surface area contributed by atoms with Crippen LogP contribution < -0.4 is 10.9 Å². The summed E-state index contributed by atoms with van der Waals surface area (Å²) in [5, 5.41) is 3.32. The fraction of sp³-hybridized carbons (Fsp3) is 0.429. The number of fused-ring (bicyclic) bond motifs is 1. The van der Waals surface area contributed by atoms with E-state index in [0.717, 1.165) is 12.8 Å². The molecule has 0 bridgehead atoms. The monoisotopic (exact) mass is 274 g/mol. The first kappa shape index (κ1) is 14.2. The number of aromatic nitrogens is 3. The van der Waals surface area contributed by atoms with E-state index >= 15 is 0 Å². The Labute approximate surface area is 116 Å². The van der Waals surface area contributed by atoms with Gasteiger partial charge in [-0.15, -0.1) is 0 Å². The van der Waals surface area contributed by atoms with Crippen molar-refractivity contribution in [2.75, 3.05) is 0 Å². The highest BCUT2D eigenvalue weighted by Crippen LogP contribution is 2.01. The molecule has 0 aliphatic carbocycles. The molecule has 6 heteroatoms. The Hall–Kier alpha value is -2.24. The molecule has 0 fully saturated rings. The molecule has 0 atom stereocenters. The molecule has 106 valence electrons. The number of amides is 1. The maximum Gasteiger partial charge on any atom is 0.263 e. The minimum atomic E-state index is -0.247. The van der Waals surface area contributed by atoms with Crippen molar-refractivity contribution in [3.63, 3.8) is 0 Å². The van der Waals surface area contributed by atoms with E-state index in [1.165, 1.54) is 10.9 Å². The van der Waals surface area contributed by atoms with Crippen LogP contribution in [0.3, 0.4) is 0 Å². The summed E-state index contributed by atoms with van der Waals surface area (Å²) >= 11 is 0. The quantitative estimate of drug-likeness (QED) is 0.885. The maximum atomic E-state index is 12.2. The molecule has 2 heterocycles. The van der Waals surface area contributed by atoms with Gasteiger partial charge in [0, 0.05) is 12.2 Å². The van der Waals surface area contributed by atoms with E-state index in [1.54, 1.807) is 18.3 Å². The smallest absolute Gasteiger partial charge is 0.263 e. The van der Waals surface area contributed by atoms with Gasteiger partial charge >= 0.3 is 0 Å². The van der Waals surface area contributed by atoms with Gasteiger partial charge in [0.15, 0.2) is 5.65 Å². The van der Waals surface area contributed by atoms with Crippen molar-refractivity contribution in [3.8, 4) is 0 Å². The molecule has 0 spiro atoms. The van der Waals surface area contributed by atoms with Crippen LogP contribution in [0.15, 0.2) is 29.5 Å². The zero-order valence-electron chi connectivity index (χ0n) is 11.7. The van der Waals surface area contributed by atoms with Crippen molar-refractivity contribution in [1.82, 2.24) is 19.9 Å². The molecule has 0 aliphatic rings. The summed E-state index contributed by atoms with van der Waals surface area (Å²) in [6, 6.07) is 3.49. The number of hydrogen-bond donors (Lipinski definition) is 1. The molecule has 2 aromatic rings. The predicted octanol–water partition coefficient (Wildman–Crippen LogP) is 1.10. The van der Waals surface area contributed by atoms with Crippen molar-refractivity contribution in [2.45, 2.75) is 39.3 Å². The van der Waals surface area contributed by atoms with Crippen LogP contribution in [-0.2, 0) is 11.3 Å². The summed E-state index contributed by atoms with van der Waals surface area (Å²) in [6.45, 7) is 4.01. The first-order valence-corrected chi connectivity index (χ1v) is 6.75. The Kier molecular flexibility index (Phi) is 4.45. The SMILES string of the molecule is CCC(CC)NC(=O)Cn1cnc2ncccc2c1=O. The van der Waals surface area contributed by atoms with Gasteiger partial charge in [-0.25, -0.2) is 9.97 Å².